The van der Waals surface area contributed by atoms with Gasteiger partial charge in [-0.1, -0.05) is 136 Å². The largest absolute Gasteiger partial charge is 0.340 e. The molecule has 0 bridgehead atoms. The van der Waals surface area contributed by atoms with Gasteiger partial charge in [0.05, 0.1) is 47.6 Å². The minimum Gasteiger partial charge on any atom is -0.340 e. The van der Waals surface area contributed by atoms with E-state index >= 15 is 0 Å². The molecule has 0 saturated carbocycles. The van der Waals surface area contributed by atoms with Crippen molar-refractivity contribution in [1.29, 1.82) is 0 Å². The predicted molar refractivity (Wildman–Crippen MR) is 326 cm³/mol. The maximum absolute atomic E-state index is 4.79. The number of aryl methyl sites for hydroxylation is 2. The topological polar surface area (TPSA) is 72.3 Å². The number of para-hydroxylation sites is 4. The van der Waals surface area contributed by atoms with Crippen LogP contribution < -0.4 is 20.0 Å². The van der Waals surface area contributed by atoms with Gasteiger partial charge in [-0.25, -0.2) is 0 Å². The Bertz CT molecular complexity index is 3150. The molecule has 2 heterocycles. The molecule has 0 aliphatic rings. The van der Waals surface area contributed by atoms with E-state index in [0.717, 1.165) is 70.9 Å². The summed E-state index contributed by atoms with van der Waals surface area (Å²) in [5.41, 5.74) is 13.5. The van der Waals surface area contributed by atoms with Crippen LogP contribution in [0.4, 0.5) is 22.7 Å². The molecule has 2 aromatic heterocycles. The lowest BCUT2D eigenvalue weighted by atomic mass is 10.1. The van der Waals surface area contributed by atoms with Crippen LogP contribution in [0.2, 0.25) is 0 Å². The lowest BCUT2D eigenvalue weighted by molar-refractivity contribution is 0.536. The van der Waals surface area contributed by atoms with Crippen LogP contribution in [0.3, 0.4) is 0 Å². The van der Waals surface area contributed by atoms with Crippen LogP contribution >= 0.6 is 0 Å². The summed E-state index contributed by atoms with van der Waals surface area (Å²) in [7, 11) is 7.95. The Morgan fingerprint density at radius 3 is 0.750 bits per heavy atom. The summed E-state index contributed by atoms with van der Waals surface area (Å²) in [6, 6.07) is 68.0. The Morgan fingerprint density at radius 1 is 0.289 bits per heavy atom. The summed E-state index contributed by atoms with van der Waals surface area (Å²) >= 11 is 0. The fraction of sp³-hybridized carbons (Fsp3) is 0.212. The fourth-order valence-electron chi connectivity index (χ4n) is 10.1. The second-order valence-corrected chi connectivity index (χ2v) is 19.7. The van der Waals surface area contributed by atoms with Crippen molar-refractivity contribution in [2.24, 2.45) is 20.4 Å². The smallest absolute Gasteiger partial charge is 0.0590 e. The average molecular weight is 1000 g/mol. The second-order valence-electron chi connectivity index (χ2n) is 19.7. The molecule has 0 radical (unpaired) electrons. The van der Waals surface area contributed by atoms with Gasteiger partial charge < -0.3 is 9.13 Å². The monoisotopic (exact) mass is 1000 g/mol. The van der Waals surface area contributed by atoms with Crippen molar-refractivity contribution in [3.63, 3.8) is 0 Å². The van der Waals surface area contributed by atoms with Gasteiger partial charge in [0, 0.05) is 84.9 Å². The first-order chi connectivity index (χ1) is 37.4. The van der Waals surface area contributed by atoms with Crippen molar-refractivity contribution >= 4 is 91.2 Å². The second kappa shape index (κ2) is 24.5. The van der Waals surface area contributed by atoms with Crippen molar-refractivity contribution in [1.82, 2.24) is 9.13 Å². The Hall–Kier alpha value is -8.76. The first kappa shape index (κ1) is 50.8. The van der Waals surface area contributed by atoms with Crippen LogP contribution in [0.1, 0.15) is 73.6 Å². The minimum absolute atomic E-state index is 0.977. The fourth-order valence-corrected chi connectivity index (χ4v) is 10.1. The Labute approximate surface area is 447 Å². The maximum atomic E-state index is 4.79. The normalized spacial score (nSPS) is 12.0. The Balaban J connectivity index is 0.769. The zero-order valence-corrected chi connectivity index (χ0v) is 44.3. The number of fused-ring (bicyclic) bond motifs is 6. The van der Waals surface area contributed by atoms with Crippen molar-refractivity contribution in [2.75, 3.05) is 48.2 Å². The molecule has 10 aromatic rings. The van der Waals surface area contributed by atoms with Crippen LogP contribution in [-0.4, -0.2) is 62.2 Å². The highest BCUT2D eigenvalue weighted by atomic mass is 15.4. The summed E-state index contributed by atoms with van der Waals surface area (Å²) in [6.07, 6.45) is 17.5. The van der Waals surface area contributed by atoms with Gasteiger partial charge in [0.2, 0.25) is 0 Å². The van der Waals surface area contributed by atoms with Gasteiger partial charge in [0.15, 0.2) is 0 Å². The van der Waals surface area contributed by atoms with Gasteiger partial charge in [0.1, 0.15) is 0 Å². The summed E-state index contributed by atoms with van der Waals surface area (Å²) in [4.78, 5) is 0. The molecule has 0 aliphatic carbocycles. The molecular weight excluding hydrogens is 933 g/mol. The summed E-state index contributed by atoms with van der Waals surface area (Å²) in [5, 5.41) is 31.8. The van der Waals surface area contributed by atoms with Crippen LogP contribution in [0.5, 0.6) is 0 Å². The van der Waals surface area contributed by atoms with Gasteiger partial charge in [0.25, 0.3) is 0 Å². The van der Waals surface area contributed by atoms with Crippen LogP contribution in [-0.2, 0) is 13.1 Å². The van der Waals surface area contributed by atoms with E-state index in [9.17, 15) is 0 Å². The number of anilines is 4. The number of benzene rings is 8. The van der Waals surface area contributed by atoms with Crippen LogP contribution in [0, 0.1) is 0 Å². The molecule has 0 saturated heterocycles. The van der Waals surface area contributed by atoms with Gasteiger partial charge in [-0.05, 0) is 132 Å². The van der Waals surface area contributed by atoms with E-state index < -0.39 is 0 Å². The number of unbranched alkanes of at least 4 members (excludes halogenated alkanes) is 7. The molecule has 382 valence electrons. The third-order valence-corrected chi connectivity index (χ3v) is 14.4. The number of rotatable bonds is 23. The van der Waals surface area contributed by atoms with E-state index in [2.05, 4.69) is 130 Å². The molecule has 0 atom stereocenters. The molecule has 10 nitrogen and oxygen atoms in total. The van der Waals surface area contributed by atoms with E-state index in [4.69, 9.17) is 20.4 Å². The molecule has 0 spiro atoms. The highest BCUT2D eigenvalue weighted by molar-refractivity contribution is 6.12. The van der Waals surface area contributed by atoms with Crippen molar-refractivity contribution in [2.45, 2.75) is 64.5 Å². The molecule has 10 rings (SSSR count). The first-order valence-corrected chi connectivity index (χ1v) is 26.8. The molecular formula is C66H68N10. The number of hydrazone groups is 4. The van der Waals surface area contributed by atoms with Crippen molar-refractivity contribution < 1.29 is 0 Å². The molecule has 10 heteroatoms. The third-order valence-electron chi connectivity index (χ3n) is 14.4. The molecule has 0 aliphatic heterocycles. The number of hydrogen-bond donors (Lipinski definition) is 0. The molecule has 76 heavy (non-hydrogen) atoms. The molecule has 0 amide bonds. The first-order valence-electron chi connectivity index (χ1n) is 26.8. The van der Waals surface area contributed by atoms with Gasteiger partial charge >= 0.3 is 0 Å². The zero-order valence-electron chi connectivity index (χ0n) is 44.3. The predicted octanol–water partition coefficient (Wildman–Crippen LogP) is 15.6. The highest BCUT2D eigenvalue weighted by Gasteiger charge is 2.14. The summed E-state index contributed by atoms with van der Waals surface area (Å²) in [5.74, 6) is 0. The minimum atomic E-state index is 0.977. The van der Waals surface area contributed by atoms with Crippen molar-refractivity contribution in [3.05, 3.63) is 216 Å². The molecule has 0 unspecified atom stereocenters. The zero-order chi connectivity index (χ0) is 52.1. The van der Waals surface area contributed by atoms with Crippen LogP contribution in [0.25, 0.3) is 43.6 Å². The van der Waals surface area contributed by atoms with E-state index in [1.807, 2.05) is 146 Å². The quantitative estimate of drug-likeness (QED) is 0.0364. The van der Waals surface area contributed by atoms with E-state index in [0.29, 0.717) is 0 Å². The summed E-state index contributed by atoms with van der Waals surface area (Å²) in [6.45, 7) is 1.95. The lowest BCUT2D eigenvalue weighted by Crippen LogP contribution is -2.08. The van der Waals surface area contributed by atoms with Gasteiger partial charge in [-0.15, -0.1) is 0 Å². The van der Waals surface area contributed by atoms with Crippen LogP contribution in [0.15, 0.2) is 215 Å². The standard InChI is InChI=1S/C66H68N10/c1-71(55-25-15-11-16-26-55)67-47-51-33-37-63-59(43-51)60-44-52(48-68-72(2)56-27-17-12-18-28-56)34-38-64(60)75(63)41-23-9-7-5-6-8-10-24-42-76-65-39-35-53(49-69-73(3)57-29-19-13-20-30-57)45-61(65)62-46-54(36-40-66(62)76)50-70-74(4)58-31-21-14-22-32-58/h11-22,25-40,43-50H,5-10,23-24,41-42H2,1-4H3/b67-47+,68-48+,69-49+,70-50+. The van der Waals surface area contributed by atoms with E-state index in [-0.39, 0.29) is 0 Å². The van der Waals surface area contributed by atoms with Gasteiger partial charge in [-0.3, -0.25) is 20.0 Å². The third kappa shape index (κ3) is 12.3. The maximum Gasteiger partial charge on any atom is 0.0590 e. The Kier molecular flexibility index (Phi) is 16.4. The van der Waals surface area contributed by atoms with E-state index in [1.165, 1.54) is 82.1 Å². The highest BCUT2D eigenvalue weighted by Crippen LogP contribution is 2.33. The number of aromatic nitrogens is 2. The van der Waals surface area contributed by atoms with E-state index in [1.54, 1.807) is 0 Å². The Morgan fingerprint density at radius 2 is 0.513 bits per heavy atom. The number of hydrogen-bond acceptors (Lipinski definition) is 8. The molecule has 8 aromatic carbocycles. The average Bonchev–Trinajstić information content (AvgIpc) is 4.03. The lowest BCUT2D eigenvalue weighted by Gasteiger charge is -2.12. The molecule has 0 fully saturated rings. The van der Waals surface area contributed by atoms with Crippen molar-refractivity contribution in [3.8, 4) is 0 Å². The SMILES string of the molecule is CN(/N=C/c1ccc2c(c1)c1cc(/C=N/N(C)c3ccccc3)ccc1n2CCCCCCCCCCn1c2ccc(/C=N/N(C)c3ccccc3)cc2c2cc(/C=N/N(C)c3ccccc3)ccc21)c1ccccc1. The molecule has 0 N–H and O–H groups in total. The number of nitrogens with zero attached hydrogens (tertiary/aromatic N) is 10. The summed E-state index contributed by atoms with van der Waals surface area (Å²) < 4.78 is 5.04. The van der Waals surface area contributed by atoms with Gasteiger partial charge in [-0.2, -0.15) is 20.4 Å².